The lowest BCUT2D eigenvalue weighted by molar-refractivity contribution is -0.140. The average molecular weight is 370 g/mol. The monoisotopic (exact) mass is 370 g/mol. The molecule has 0 aromatic heterocycles. The molecule has 3 atom stereocenters. The molecule has 1 aromatic rings. The number of hydrogen-bond acceptors (Lipinski definition) is 3. The Morgan fingerprint density at radius 2 is 1.89 bits per heavy atom. The number of likely N-dealkylation sites (tertiary alicyclic amines) is 1. The van der Waals surface area contributed by atoms with Crippen LogP contribution < -0.4 is 5.32 Å². The Kier molecular flexibility index (Phi) is 4.44. The van der Waals surface area contributed by atoms with Crippen LogP contribution in [-0.4, -0.2) is 42.6 Å². The second kappa shape index (κ2) is 6.54. The lowest BCUT2D eigenvalue weighted by Gasteiger charge is -2.45. The predicted octanol–water partition coefficient (Wildman–Crippen LogP) is 3.51. The summed E-state index contributed by atoms with van der Waals surface area (Å²) in [6, 6.07) is 8.98. The number of ether oxygens (including phenoxy) is 1. The van der Waals surface area contributed by atoms with Gasteiger partial charge in [0.25, 0.3) is 0 Å². The van der Waals surface area contributed by atoms with Crippen molar-refractivity contribution in [1.29, 1.82) is 0 Å². The Morgan fingerprint density at radius 1 is 1.22 bits per heavy atom. The van der Waals surface area contributed by atoms with Gasteiger partial charge in [-0.3, -0.25) is 4.79 Å². The fraction of sp³-hybridized carbons (Fsp3) is 0.636. The van der Waals surface area contributed by atoms with Crippen LogP contribution in [0.2, 0.25) is 0 Å². The Bertz CT molecular complexity index is 742. The summed E-state index contributed by atoms with van der Waals surface area (Å²) in [5, 5.41) is 2.85. The minimum Gasteiger partial charge on any atom is -0.453 e. The molecule has 2 saturated carbocycles. The molecule has 2 amide bonds. The Morgan fingerprint density at radius 3 is 2.48 bits per heavy atom. The van der Waals surface area contributed by atoms with Crippen LogP contribution >= 0.6 is 0 Å². The first-order valence-electron chi connectivity index (χ1n) is 10.1. The van der Waals surface area contributed by atoms with Gasteiger partial charge in [0, 0.05) is 24.5 Å². The number of nitrogens with one attached hydrogen (secondary N) is 1. The van der Waals surface area contributed by atoms with Gasteiger partial charge in [-0.05, 0) is 54.6 Å². The molecular weight excluding hydrogens is 340 g/mol. The summed E-state index contributed by atoms with van der Waals surface area (Å²) in [7, 11) is 1.36. The van der Waals surface area contributed by atoms with Gasteiger partial charge < -0.3 is 15.0 Å². The highest BCUT2D eigenvalue weighted by Gasteiger charge is 2.58. The SMILES string of the molecule is COC(=O)NC1(C)CC(C(=O)N2C[C@@H]3C(c4cccc(C(C)C)c4)[C@@H]3C2)C1. The van der Waals surface area contributed by atoms with Crippen molar-refractivity contribution in [3.63, 3.8) is 0 Å². The number of carbonyl (C=O) groups is 2. The number of amides is 2. The summed E-state index contributed by atoms with van der Waals surface area (Å²) < 4.78 is 4.67. The summed E-state index contributed by atoms with van der Waals surface area (Å²) >= 11 is 0. The summed E-state index contributed by atoms with van der Waals surface area (Å²) in [6.45, 7) is 8.21. The van der Waals surface area contributed by atoms with E-state index in [1.165, 1.54) is 18.2 Å². The average Bonchev–Trinajstić information content (AvgIpc) is 3.12. The van der Waals surface area contributed by atoms with Gasteiger partial charge in [0.05, 0.1) is 7.11 Å². The fourth-order valence-corrected chi connectivity index (χ4v) is 5.19. The van der Waals surface area contributed by atoms with Gasteiger partial charge >= 0.3 is 6.09 Å². The van der Waals surface area contributed by atoms with E-state index >= 15 is 0 Å². The zero-order valence-corrected chi connectivity index (χ0v) is 16.7. The van der Waals surface area contributed by atoms with Gasteiger partial charge in [-0.2, -0.15) is 0 Å². The zero-order chi connectivity index (χ0) is 19.3. The van der Waals surface area contributed by atoms with Crippen LogP contribution in [0, 0.1) is 17.8 Å². The van der Waals surface area contributed by atoms with Gasteiger partial charge in [0.1, 0.15) is 0 Å². The van der Waals surface area contributed by atoms with Crippen LogP contribution in [0.3, 0.4) is 0 Å². The van der Waals surface area contributed by atoms with Crippen molar-refractivity contribution in [1.82, 2.24) is 10.2 Å². The van der Waals surface area contributed by atoms with Gasteiger partial charge in [-0.15, -0.1) is 0 Å². The van der Waals surface area contributed by atoms with Crippen molar-refractivity contribution in [2.45, 2.75) is 51.0 Å². The van der Waals surface area contributed by atoms with Crippen LogP contribution in [0.15, 0.2) is 24.3 Å². The molecule has 2 aliphatic carbocycles. The summed E-state index contributed by atoms with van der Waals surface area (Å²) in [4.78, 5) is 26.3. The van der Waals surface area contributed by atoms with Crippen molar-refractivity contribution < 1.29 is 14.3 Å². The minimum absolute atomic E-state index is 0.0346. The molecule has 1 aliphatic heterocycles. The largest absolute Gasteiger partial charge is 0.453 e. The summed E-state index contributed by atoms with van der Waals surface area (Å²) in [5.41, 5.74) is 2.54. The van der Waals surface area contributed by atoms with Crippen LogP contribution in [-0.2, 0) is 9.53 Å². The van der Waals surface area contributed by atoms with E-state index in [9.17, 15) is 9.59 Å². The molecule has 4 rings (SSSR count). The first-order chi connectivity index (χ1) is 12.8. The molecule has 1 N–H and O–H groups in total. The molecular formula is C22H30N2O3. The molecule has 3 aliphatic rings. The quantitative estimate of drug-likeness (QED) is 0.882. The lowest BCUT2D eigenvalue weighted by Crippen LogP contribution is -2.58. The van der Waals surface area contributed by atoms with Crippen molar-refractivity contribution in [3.8, 4) is 0 Å². The summed E-state index contributed by atoms with van der Waals surface area (Å²) in [5.74, 6) is 2.72. The van der Waals surface area contributed by atoms with Gasteiger partial charge in [0.15, 0.2) is 0 Å². The molecule has 3 fully saturated rings. The molecule has 5 nitrogen and oxygen atoms in total. The highest BCUT2D eigenvalue weighted by atomic mass is 16.5. The maximum atomic E-state index is 12.8. The number of benzene rings is 1. The van der Waals surface area contributed by atoms with Gasteiger partial charge in [-0.1, -0.05) is 38.1 Å². The van der Waals surface area contributed by atoms with Crippen LogP contribution in [0.1, 0.15) is 56.6 Å². The number of piperidine rings is 1. The van der Waals surface area contributed by atoms with Crippen LogP contribution in [0.5, 0.6) is 0 Å². The first-order valence-corrected chi connectivity index (χ1v) is 10.1. The standard InChI is InChI=1S/C22H30N2O3/c1-13(2)14-6-5-7-15(8-14)19-17-11-24(12-18(17)19)20(25)16-9-22(3,10-16)23-21(26)27-4/h5-8,13,16-19H,9-12H2,1-4H3,(H,23,26)/t16?,17-,18+,19?,22?. The molecule has 0 bridgehead atoms. The van der Waals surface area contributed by atoms with E-state index in [4.69, 9.17) is 0 Å². The summed E-state index contributed by atoms with van der Waals surface area (Å²) in [6.07, 6.45) is 0.983. The topological polar surface area (TPSA) is 58.6 Å². The van der Waals surface area contributed by atoms with Crippen molar-refractivity contribution in [2.24, 2.45) is 17.8 Å². The molecule has 1 saturated heterocycles. The molecule has 5 heteroatoms. The molecule has 27 heavy (non-hydrogen) atoms. The third-order valence-electron chi connectivity index (χ3n) is 6.80. The molecule has 1 unspecified atom stereocenters. The number of alkyl carbamates (subject to hydrolysis) is 1. The predicted molar refractivity (Wildman–Crippen MR) is 104 cm³/mol. The van der Waals surface area contributed by atoms with E-state index in [2.05, 4.69) is 53.1 Å². The number of fused-ring (bicyclic) bond motifs is 1. The van der Waals surface area contributed by atoms with E-state index in [0.29, 0.717) is 36.5 Å². The van der Waals surface area contributed by atoms with E-state index in [1.807, 2.05) is 6.92 Å². The minimum atomic E-state index is -0.419. The number of methoxy groups -OCH3 is 1. The third-order valence-corrected chi connectivity index (χ3v) is 6.80. The van der Waals surface area contributed by atoms with Gasteiger partial charge in [-0.25, -0.2) is 4.79 Å². The fourth-order valence-electron chi connectivity index (χ4n) is 5.19. The maximum Gasteiger partial charge on any atom is 0.407 e. The van der Waals surface area contributed by atoms with Gasteiger partial charge in [0.2, 0.25) is 5.91 Å². The smallest absolute Gasteiger partial charge is 0.407 e. The Labute approximate surface area is 161 Å². The van der Waals surface area contributed by atoms with Crippen molar-refractivity contribution >= 4 is 12.0 Å². The van der Waals surface area contributed by atoms with Crippen molar-refractivity contribution in [3.05, 3.63) is 35.4 Å². The molecule has 1 heterocycles. The molecule has 0 spiro atoms. The Balaban J connectivity index is 1.30. The van der Waals surface area contributed by atoms with E-state index < -0.39 is 6.09 Å². The second-order valence-electron chi connectivity index (χ2n) is 9.20. The van der Waals surface area contributed by atoms with E-state index in [0.717, 1.165) is 13.1 Å². The normalized spacial score (nSPS) is 34.0. The Hall–Kier alpha value is -2.04. The second-order valence-corrected chi connectivity index (χ2v) is 9.20. The van der Waals surface area contributed by atoms with Crippen molar-refractivity contribution in [2.75, 3.05) is 20.2 Å². The number of carbonyl (C=O) groups excluding carboxylic acids is 2. The third kappa shape index (κ3) is 3.32. The highest BCUT2D eigenvalue weighted by molar-refractivity contribution is 5.81. The maximum absolute atomic E-state index is 12.8. The molecule has 146 valence electrons. The number of nitrogens with zero attached hydrogens (tertiary/aromatic N) is 1. The zero-order valence-electron chi connectivity index (χ0n) is 16.7. The number of hydrogen-bond donors (Lipinski definition) is 1. The first kappa shape index (κ1) is 18.3. The van der Waals surface area contributed by atoms with E-state index in [-0.39, 0.29) is 17.4 Å². The van der Waals surface area contributed by atoms with Crippen LogP contribution in [0.4, 0.5) is 4.79 Å². The molecule has 1 aromatic carbocycles. The highest BCUT2D eigenvalue weighted by Crippen LogP contribution is 2.58. The van der Waals surface area contributed by atoms with Crippen LogP contribution in [0.25, 0.3) is 0 Å². The van der Waals surface area contributed by atoms with E-state index in [1.54, 1.807) is 0 Å². The molecule has 0 radical (unpaired) electrons. The lowest BCUT2D eigenvalue weighted by atomic mass is 9.69. The number of rotatable bonds is 4.